The third-order valence-electron chi connectivity index (χ3n) is 3.05. The van der Waals surface area contributed by atoms with Gasteiger partial charge < -0.3 is 5.32 Å². The fraction of sp³-hybridized carbons (Fsp3) is 0.188. The van der Waals surface area contributed by atoms with Crippen molar-refractivity contribution in [1.29, 1.82) is 0 Å². The van der Waals surface area contributed by atoms with Crippen LogP contribution in [0.5, 0.6) is 0 Å². The van der Waals surface area contributed by atoms with Gasteiger partial charge in [0, 0.05) is 11.4 Å². The molecule has 0 aliphatic carbocycles. The second-order valence-corrected chi connectivity index (χ2v) is 7.76. The summed E-state index contributed by atoms with van der Waals surface area (Å²) in [5, 5.41) is 2.59. The third kappa shape index (κ3) is 5.04. The first-order chi connectivity index (χ1) is 11.4. The number of carbonyl (C=O) groups is 1. The molecule has 0 bridgehead atoms. The average molecular weight is 371 g/mol. The van der Waals surface area contributed by atoms with Gasteiger partial charge in [-0.2, -0.15) is 8.78 Å². The number of sulfone groups is 1. The van der Waals surface area contributed by atoms with E-state index in [1.807, 2.05) is 30.3 Å². The smallest absolute Gasteiger partial charge is 0.325 e. The fourth-order valence-corrected chi connectivity index (χ4v) is 3.37. The van der Waals surface area contributed by atoms with E-state index in [-0.39, 0.29) is 11.7 Å². The Morgan fingerprint density at radius 2 is 1.67 bits per heavy atom. The van der Waals surface area contributed by atoms with Crippen molar-refractivity contribution in [1.82, 2.24) is 0 Å². The zero-order valence-corrected chi connectivity index (χ0v) is 14.1. The molecule has 0 heterocycles. The zero-order chi connectivity index (χ0) is 17.6. The maximum atomic E-state index is 12.4. The highest BCUT2D eigenvalue weighted by molar-refractivity contribution is 7.99. The van der Waals surface area contributed by atoms with Crippen molar-refractivity contribution in [2.75, 3.05) is 11.1 Å². The number of hydrogen-bond acceptors (Lipinski definition) is 4. The largest absolute Gasteiger partial charge is 0.341 e. The standard InChI is InChI=1S/C16H15F2NO3S2/c17-16(18)24(21,22)14-8-6-13(7-9-14)19-15(20)11-23-10-12-4-2-1-3-5-12/h1-9,16H,10-11H2,(H,19,20). The minimum Gasteiger partial charge on any atom is -0.325 e. The minimum atomic E-state index is -4.62. The number of thioether (sulfide) groups is 1. The number of rotatable bonds is 7. The summed E-state index contributed by atoms with van der Waals surface area (Å²) < 4.78 is 47.5. The molecule has 8 heteroatoms. The van der Waals surface area contributed by atoms with Gasteiger partial charge in [-0.15, -0.1) is 11.8 Å². The zero-order valence-electron chi connectivity index (χ0n) is 12.5. The second-order valence-electron chi connectivity index (χ2n) is 4.86. The summed E-state index contributed by atoms with van der Waals surface area (Å²) in [4.78, 5) is 11.3. The predicted molar refractivity (Wildman–Crippen MR) is 90.9 cm³/mol. The second kappa shape index (κ2) is 8.25. The van der Waals surface area contributed by atoms with E-state index in [2.05, 4.69) is 5.32 Å². The molecular formula is C16H15F2NO3S2. The van der Waals surface area contributed by atoms with Gasteiger partial charge in [0.15, 0.2) is 0 Å². The van der Waals surface area contributed by atoms with E-state index in [4.69, 9.17) is 0 Å². The van der Waals surface area contributed by atoms with Crippen LogP contribution in [0.2, 0.25) is 0 Å². The van der Waals surface area contributed by atoms with Gasteiger partial charge in [0.05, 0.1) is 10.6 Å². The Balaban J connectivity index is 1.86. The molecule has 0 aromatic heterocycles. The van der Waals surface area contributed by atoms with E-state index in [0.29, 0.717) is 11.4 Å². The number of benzene rings is 2. The average Bonchev–Trinajstić information content (AvgIpc) is 2.56. The van der Waals surface area contributed by atoms with Crippen molar-refractivity contribution < 1.29 is 22.0 Å². The molecular weight excluding hydrogens is 356 g/mol. The highest BCUT2D eigenvalue weighted by Crippen LogP contribution is 2.20. The van der Waals surface area contributed by atoms with Crippen LogP contribution >= 0.6 is 11.8 Å². The van der Waals surface area contributed by atoms with Crippen LogP contribution in [0.1, 0.15) is 5.56 Å². The monoisotopic (exact) mass is 371 g/mol. The summed E-state index contributed by atoms with van der Waals surface area (Å²) in [6.45, 7) is 0. The molecule has 2 aromatic rings. The van der Waals surface area contributed by atoms with Crippen LogP contribution in [0.3, 0.4) is 0 Å². The molecule has 0 saturated carbocycles. The molecule has 1 amide bonds. The topological polar surface area (TPSA) is 63.2 Å². The Hall–Kier alpha value is -1.93. The molecule has 0 radical (unpaired) electrons. The Morgan fingerprint density at radius 1 is 1.04 bits per heavy atom. The van der Waals surface area contributed by atoms with Gasteiger partial charge in [-0.05, 0) is 29.8 Å². The normalized spacial score (nSPS) is 11.5. The number of carbonyl (C=O) groups excluding carboxylic acids is 1. The number of halogens is 2. The lowest BCUT2D eigenvalue weighted by atomic mass is 10.2. The van der Waals surface area contributed by atoms with E-state index in [0.717, 1.165) is 17.7 Å². The summed E-state index contributed by atoms with van der Waals surface area (Å²) in [7, 11) is -4.62. The number of alkyl halides is 2. The van der Waals surface area contributed by atoms with Crippen molar-refractivity contribution in [2.24, 2.45) is 0 Å². The van der Waals surface area contributed by atoms with Crippen molar-refractivity contribution in [3.8, 4) is 0 Å². The highest BCUT2D eigenvalue weighted by atomic mass is 32.2. The summed E-state index contributed by atoms with van der Waals surface area (Å²) in [6.07, 6.45) is 0. The SMILES string of the molecule is O=C(CSCc1ccccc1)Nc1ccc(S(=O)(=O)C(F)F)cc1. The lowest BCUT2D eigenvalue weighted by molar-refractivity contribution is -0.113. The number of hydrogen-bond donors (Lipinski definition) is 1. The van der Waals surface area contributed by atoms with Crippen LogP contribution in [0, 0.1) is 0 Å². The molecule has 0 aliphatic rings. The highest BCUT2D eigenvalue weighted by Gasteiger charge is 2.26. The number of anilines is 1. The van der Waals surface area contributed by atoms with E-state index in [1.165, 1.54) is 23.9 Å². The van der Waals surface area contributed by atoms with Gasteiger partial charge in [0.25, 0.3) is 0 Å². The van der Waals surface area contributed by atoms with Crippen LogP contribution in [0.15, 0.2) is 59.5 Å². The van der Waals surface area contributed by atoms with Crippen LogP contribution in [0.4, 0.5) is 14.5 Å². The van der Waals surface area contributed by atoms with Crippen molar-refractivity contribution in [3.63, 3.8) is 0 Å². The van der Waals surface area contributed by atoms with E-state index >= 15 is 0 Å². The van der Waals surface area contributed by atoms with Crippen LogP contribution < -0.4 is 5.32 Å². The first-order valence-electron chi connectivity index (χ1n) is 6.93. The lowest BCUT2D eigenvalue weighted by Crippen LogP contribution is -2.15. The number of amides is 1. The van der Waals surface area contributed by atoms with Crippen molar-refractivity contribution >= 4 is 33.2 Å². The molecule has 24 heavy (non-hydrogen) atoms. The molecule has 1 N–H and O–H groups in total. The Bertz CT molecular complexity index is 779. The summed E-state index contributed by atoms with van der Waals surface area (Å²) in [6, 6.07) is 14.4. The first kappa shape index (κ1) is 18.4. The molecule has 4 nitrogen and oxygen atoms in total. The molecule has 0 unspecified atom stereocenters. The van der Waals surface area contributed by atoms with Gasteiger partial charge in [-0.1, -0.05) is 30.3 Å². The van der Waals surface area contributed by atoms with Gasteiger partial charge in [-0.25, -0.2) is 8.42 Å². The quantitative estimate of drug-likeness (QED) is 0.808. The Labute approximate surface area is 143 Å². The fourth-order valence-electron chi connectivity index (χ4n) is 1.86. The molecule has 2 aromatic carbocycles. The molecule has 0 spiro atoms. The molecule has 128 valence electrons. The maximum Gasteiger partial charge on any atom is 0.341 e. The molecule has 0 atom stereocenters. The van der Waals surface area contributed by atoms with Gasteiger partial charge >= 0.3 is 5.76 Å². The lowest BCUT2D eigenvalue weighted by Gasteiger charge is -2.07. The summed E-state index contributed by atoms with van der Waals surface area (Å²) in [5.41, 5.74) is 1.46. The number of nitrogens with one attached hydrogen (secondary N) is 1. The molecule has 0 aliphatic heterocycles. The van der Waals surface area contributed by atoms with Gasteiger partial charge in [0.2, 0.25) is 15.7 Å². The Kier molecular flexibility index (Phi) is 6.33. The van der Waals surface area contributed by atoms with Crippen LogP contribution in [0.25, 0.3) is 0 Å². The molecule has 0 saturated heterocycles. The van der Waals surface area contributed by atoms with Crippen molar-refractivity contribution in [2.45, 2.75) is 16.4 Å². The van der Waals surface area contributed by atoms with E-state index in [1.54, 1.807) is 0 Å². The maximum absolute atomic E-state index is 12.4. The third-order valence-corrected chi connectivity index (χ3v) is 5.45. The van der Waals surface area contributed by atoms with Crippen molar-refractivity contribution in [3.05, 3.63) is 60.2 Å². The summed E-state index contributed by atoms with van der Waals surface area (Å²) in [5.74, 6) is -2.79. The minimum absolute atomic E-state index is 0.228. The first-order valence-corrected chi connectivity index (χ1v) is 9.63. The predicted octanol–water partition coefficient (Wildman–Crippen LogP) is 3.55. The molecule has 2 rings (SSSR count). The van der Waals surface area contributed by atoms with Crippen LogP contribution in [-0.2, 0) is 20.4 Å². The molecule has 0 fully saturated rings. The van der Waals surface area contributed by atoms with E-state index < -0.39 is 20.5 Å². The Morgan fingerprint density at radius 3 is 2.25 bits per heavy atom. The van der Waals surface area contributed by atoms with Crippen LogP contribution in [-0.4, -0.2) is 25.8 Å². The summed E-state index contributed by atoms with van der Waals surface area (Å²) >= 11 is 1.44. The van der Waals surface area contributed by atoms with E-state index in [9.17, 15) is 22.0 Å². The van der Waals surface area contributed by atoms with Gasteiger partial charge in [-0.3, -0.25) is 4.79 Å². The van der Waals surface area contributed by atoms with Gasteiger partial charge in [0.1, 0.15) is 0 Å².